The first-order chi connectivity index (χ1) is 13.2. The summed E-state index contributed by atoms with van der Waals surface area (Å²) in [5, 5.41) is 3.24. The molecule has 1 amide bonds. The number of nitrogens with one attached hydrogen (secondary N) is 1. The van der Waals surface area contributed by atoms with Crippen molar-refractivity contribution in [1.29, 1.82) is 0 Å². The van der Waals surface area contributed by atoms with E-state index in [1.807, 2.05) is 0 Å². The second kappa shape index (κ2) is 8.31. The molecule has 0 aromatic heterocycles. The molecular weight excluding hydrogens is 372 g/mol. The Bertz CT molecular complexity index is 851. The predicted octanol–water partition coefficient (Wildman–Crippen LogP) is 4.61. The van der Waals surface area contributed by atoms with Crippen LogP contribution in [0.4, 0.5) is 17.6 Å². The van der Waals surface area contributed by atoms with Crippen LogP contribution in [0.1, 0.15) is 41.1 Å². The van der Waals surface area contributed by atoms with E-state index >= 15 is 0 Å². The first-order valence-electron chi connectivity index (χ1n) is 9.17. The third-order valence-electron chi connectivity index (χ3n) is 4.97. The van der Waals surface area contributed by atoms with Gasteiger partial charge in [-0.2, -0.15) is 13.2 Å². The highest BCUT2D eigenvalue weighted by molar-refractivity contribution is 5.78. The molecule has 3 rings (SSSR count). The summed E-state index contributed by atoms with van der Waals surface area (Å²) in [6.45, 7) is 2.90. The average molecular weight is 394 g/mol. The molecule has 3 nitrogen and oxygen atoms in total. The molecule has 1 fully saturated rings. The van der Waals surface area contributed by atoms with Crippen molar-refractivity contribution in [1.82, 2.24) is 10.2 Å². The Morgan fingerprint density at radius 3 is 2.61 bits per heavy atom. The quantitative estimate of drug-likeness (QED) is 0.726. The van der Waals surface area contributed by atoms with Gasteiger partial charge in [0.2, 0.25) is 5.91 Å². The summed E-state index contributed by atoms with van der Waals surface area (Å²) in [6, 6.07) is 9.40. The van der Waals surface area contributed by atoms with Gasteiger partial charge in [-0.15, -0.1) is 0 Å². The Kier molecular flexibility index (Phi) is 6.03. The zero-order valence-corrected chi connectivity index (χ0v) is 15.5. The van der Waals surface area contributed by atoms with Gasteiger partial charge in [0.15, 0.2) is 0 Å². The Morgan fingerprint density at radius 1 is 1.18 bits per heavy atom. The average Bonchev–Trinajstić information content (AvgIpc) is 3.05. The van der Waals surface area contributed by atoms with E-state index in [4.69, 9.17) is 0 Å². The van der Waals surface area contributed by atoms with Gasteiger partial charge in [0, 0.05) is 26.1 Å². The zero-order valence-electron chi connectivity index (χ0n) is 15.5. The van der Waals surface area contributed by atoms with Crippen LogP contribution in [0, 0.1) is 12.7 Å². The van der Waals surface area contributed by atoms with Crippen LogP contribution in [-0.4, -0.2) is 23.9 Å². The molecule has 0 spiro atoms. The highest BCUT2D eigenvalue weighted by Crippen LogP contribution is 2.31. The number of carbonyl (C=O) groups excluding carboxylic acids is 1. The molecule has 1 saturated heterocycles. The molecule has 1 N–H and O–H groups in total. The lowest BCUT2D eigenvalue weighted by Gasteiger charge is -2.26. The Hall–Kier alpha value is -2.41. The van der Waals surface area contributed by atoms with Crippen LogP contribution in [0.15, 0.2) is 42.5 Å². The highest BCUT2D eigenvalue weighted by atomic mass is 19.4. The maximum absolute atomic E-state index is 13.5. The standard InChI is InChI=1S/C21H22F4N2O/c1-14-10-15(7-8-18(14)22)12-26-19(13-27-9-3-6-20(27)28)16-4-2-5-17(11-16)21(23,24)25/h2,4-5,7-8,10-11,19,26H,3,6,9,12-13H2,1H3. The number of amides is 1. The van der Waals surface area contributed by atoms with Crippen molar-refractivity contribution in [3.8, 4) is 0 Å². The molecule has 7 heteroatoms. The third-order valence-corrected chi connectivity index (χ3v) is 4.97. The van der Waals surface area contributed by atoms with E-state index < -0.39 is 17.8 Å². The van der Waals surface area contributed by atoms with Crippen LogP contribution < -0.4 is 5.32 Å². The van der Waals surface area contributed by atoms with Gasteiger partial charge in [-0.1, -0.05) is 24.3 Å². The van der Waals surface area contributed by atoms with Gasteiger partial charge in [0.05, 0.1) is 11.6 Å². The van der Waals surface area contributed by atoms with Crippen LogP contribution in [0.25, 0.3) is 0 Å². The number of hydrogen-bond acceptors (Lipinski definition) is 2. The number of rotatable bonds is 6. The van der Waals surface area contributed by atoms with E-state index in [1.54, 1.807) is 30.0 Å². The zero-order chi connectivity index (χ0) is 20.3. The van der Waals surface area contributed by atoms with Crippen LogP contribution in [-0.2, 0) is 17.5 Å². The number of carbonyl (C=O) groups is 1. The van der Waals surface area contributed by atoms with Gasteiger partial charge in [-0.25, -0.2) is 4.39 Å². The Balaban J connectivity index is 1.82. The van der Waals surface area contributed by atoms with Gasteiger partial charge < -0.3 is 10.2 Å². The van der Waals surface area contributed by atoms with Crippen LogP contribution in [0.5, 0.6) is 0 Å². The summed E-state index contributed by atoms with van der Waals surface area (Å²) in [5.41, 5.74) is 1.07. The second-order valence-electron chi connectivity index (χ2n) is 7.08. The Labute approximate surface area is 161 Å². The largest absolute Gasteiger partial charge is 0.416 e. The molecule has 1 aliphatic heterocycles. The van der Waals surface area contributed by atoms with Gasteiger partial charge in [-0.05, 0) is 48.2 Å². The molecule has 0 aliphatic carbocycles. The van der Waals surface area contributed by atoms with E-state index in [1.165, 1.54) is 12.1 Å². The minimum absolute atomic E-state index is 0.0106. The molecule has 28 heavy (non-hydrogen) atoms. The number of aryl methyl sites for hydroxylation is 1. The van der Waals surface area contributed by atoms with E-state index in [0.29, 0.717) is 37.2 Å². The fourth-order valence-corrected chi connectivity index (χ4v) is 3.39. The topological polar surface area (TPSA) is 32.3 Å². The maximum Gasteiger partial charge on any atom is 0.416 e. The molecule has 1 unspecified atom stereocenters. The van der Waals surface area contributed by atoms with Crippen LogP contribution in [0.2, 0.25) is 0 Å². The first-order valence-corrected chi connectivity index (χ1v) is 9.17. The summed E-state index contributed by atoms with van der Waals surface area (Å²) >= 11 is 0. The van der Waals surface area contributed by atoms with E-state index in [9.17, 15) is 22.4 Å². The SMILES string of the molecule is Cc1cc(CNC(CN2CCCC2=O)c2cccc(C(F)(F)F)c2)ccc1F. The molecule has 0 radical (unpaired) electrons. The van der Waals surface area contributed by atoms with Crippen molar-refractivity contribution < 1.29 is 22.4 Å². The normalized spacial score (nSPS) is 15.9. The Morgan fingerprint density at radius 2 is 1.96 bits per heavy atom. The summed E-state index contributed by atoms with van der Waals surface area (Å²) in [6.07, 6.45) is -3.21. The monoisotopic (exact) mass is 394 g/mol. The lowest BCUT2D eigenvalue weighted by molar-refractivity contribution is -0.137. The number of benzene rings is 2. The maximum atomic E-state index is 13.5. The van der Waals surface area contributed by atoms with E-state index in [0.717, 1.165) is 24.1 Å². The van der Waals surface area contributed by atoms with Gasteiger partial charge in [0.25, 0.3) is 0 Å². The fraction of sp³-hybridized carbons (Fsp3) is 0.381. The summed E-state index contributed by atoms with van der Waals surface area (Å²) < 4.78 is 52.8. The molecule has 150 valence electrons. The molecule has 0 saturated carbocycles. The molecule has 0 bridgehead atoms. The van der Waals surface area contributed by atoms with E-state index in [2.05, 4.69) is 5.32 Å². The number of alkyl halides is 3. The number of likely N-dealkylation sites (tertiary alicyclic amines) is 1. The molecule has 1 heterocycles. The smallest absolute Gasteiger partial charge is 0.341 e. The van der Waals surface area contributed by atoms with Gasteiger partial charge in [0.1, 0.15) is 5.82 Å². The summed E-state index contributed by atoms with van der Waals surface area (Å²) in [4.78, 5) is 13.7. The fourth-order valence-electron chi connectivity index (χ4n) is 3.39. The van der Waals surface area contributed by atoms with Gasteiger partial charge >= 0.3 is 6.18 Å². The van der Waals surface area contributed by atoms with Crippen molar-refractivity contribution in [3.63, 3.8) is 0 Å². The minimum Gasteiger partial charge on any atom is -0.341 e. The van der Waals surface area contributed by atoms with Crippen molar-refractivity contribution in [2.75, 3.05) is 13.1 Å². The number of halogens is 4. The van der Waals surface area contributed by atoms with Crippen molar-refractivity contribution >= 4 is 5.91 Å². The third kappa shape index (κ3) is 4.90. The molecule has 2 aromatic carbocycles. The number of hydrogen-bond donors (Lipinski definition) is 1. The summed E-state index contributed by atoms with van der Waals surface area (Å²) in [5.74, 6) is -0.294. The number of nitrogens with zero attached hydrogens (tertiary/aromatic N) is 1. The molecule has 1 atom stereocenters. The van der Waals surface area contributed by atoms with E-state index in [-0.39, 0.29) is 11.7 Å². The minimum atomic E-state index is -4.43. The molecule has 2 aromatic rings. The molecule has 1 aliphatic rings. The highest BCUT2D eigenvalue weighted by Gasteiger charge is 2.31. The second-order valence-corrected chi connectivity index (χ2v) is 7.08. The lowest BCUT2D eigenvalue weighted by Crippen LogP contribution is -2.36. The lowest BCUT2D eigenvalue weighted by atomic mass is 10.0. The van der Waals surface area contributed by atoms with Crippen LogP contribution in [0.3, 0.4) is 0 Å². The summed E-state index contributed by atoms with van der Waals surface area (Å²) in [7, 11) is 0. The van der Waals surface area contributed by atoms with Crippen molar-refractivity contribution in [3.05, 3.63) is 70.5 Å². The predicted molar refractivity (Wildman–Crippen MR) is 98.0 cm³/mol. The van der Waals surface area contributed by atoms with Crippen LogP contribution >= 0.6 is 0 Å². The van der Waals surface area contributed by atoms with Gasteiger partial charge in [-0.3, -0.25) is 4.79 Å². The molecular formula is C21H22F4N2O. The van der Waals surface area contributed by atoms with Crippen molar-refractivity contribution in [2.24, 2.45) is 0 Å². The first kappa shape index (κ1) is 20.3. The van der Waals surface area contributed by atoms with Crippen molar-refractivity contribution in [2.45, 2.75) is 38.5 Å².